The topological polar surface area (TPSA) is 23.5 Å². The Hall–Kier alpha value is -0.910. The molecule has 0 radical (unpaired) electrons. The summed E-state index contributed by atoms with van der Waals surface area (Å²) in [6.07, 6.45) is -0.692. The molecule has 19 heavy (non-hydrogen) atoms. The van der Waals surface area contributed by atoms with Crippen molar-refractivity contribution in [3.8, 4) is 0 Å². The van der Waals surface area contributed by atoms with Crippen LogP contribution < -0.4 is 4.90 Å². The number of hydrogen-bond donors (Lipinski definition) is 1. The van der Waals surface area contributed by atoms with E-state index in [1.807, 2.05) is 11.9 Å². The highest BCUT2D eigenvalue weighted by atomic mass is 79.9. The highest BCUT2D eigenvalue weighted by molar-refractivity contribution is 9.11. The average molecular weight is 344 g/mol. The molecule has 2 aromatic rings. The van der Waals surface area contributed by atoms with Crippen LogP contribution in [-0.2, 0) is 6.54 Å². The zero-order valence-electron chi connectivity index (χ0n) is 10.7. The zero-order valence-corrected chi connectivity index (χ0v) is 13.1. The molecule has 0 saturated carbocycles. The summed E-state index contributed by atoms with van der Waals surface area (Å²) >= 11 is 5.07. The first-order valence-electron chi connectivity index (χ1n) is 5.89. The normalized spacial score (nSPS) is 12.5. The summed E-state index contributed by atoms with van der Waals surface area (Å²) in [5, 5.41) is 11.8. The molecule has 5 heteroatoms. The van der Waals surface area contributed by atoms with E-state index in [2.05, 4.69) is 27.4 Å². The van der Waals surface area contributed by atoms with Gasteiger partial charge in [-0.2, -0.15) is 0 Å². The number of thiophene rings is 1. The Bertz CT molecular complexity index is 570. The van der Waals surface area contributed by atoms with Crippen LogP contribution in [0, 0.1) is 5.82 Å². The van der Waals surface area contributed by atoms with Gasteiger partial charge in [0.25, 0.3) is 0 Å². The van der Waals surface area contributed by atoms with Gasteiger partial charge in [0.15, 0.2) is 0 Å². The Kier molecular flexibility index (Phi) is 4.60. The third-order valence-electron chi connectivity index (χ3n) is 2.89. The largest absolute Gasteiger partial charge is 0.389 e. The molecule has 1 N–H and O–H groups in total. The molecule has 0 aliphatic carbocycles. The molecule has 0 aliphatic rings. The summed E-state index contributed by atoms with van der Waals surface area (Å²) in [6.45, 7) is 2.36. The number of anilines is 1. The molecule has 1 aromatic heterocycles. The van der Waals surface area contributed by atoms with Crippen LogP contribution in [0.2, 0.25) is 0 Å². The monoisotopic (exact) mass is 343 g/mol. The van der Waals surface area contributed by atoms with E-state index in [0.717, 1.165) is 9.47 Å². The molecule has 1 aromatic carbocycles. The van der Waals surface area contributed by atoms with Gasteiger partial charge in [-0.1, -0.05) is 0 Å². The molecule has 2 rings (SSSR count). The number of nitrogens with zero attached hydrogens (tertiary/aromatic N) is 1. The standard InChI is InChI=1S/C14H15BrFNOS/c1-9(18)12-6-11(16)3-4-13(12)17(2)7-10-5-14(15)19-8-10/h3-6,8-9,18H,7H2,1-2H3. The van der Waals surface area contributed by atoms with Gasteiger partial charge in [-0.25, -0.2) is 4.39 Å². The molecule has 0 spiro atoms. The Balaban J connectivity index is 2.25. The fourth-order valence-electron chi connectivity index (χ4n) is 2.00. The molecule has 0 amide bonds. The van der Waals surface area contributed by atoms with Crippen molar-refractivity contribution in [3.63, 3.8) is 0 Å². The molecule has 0 saturated heterocycles. The number of halogens is 2. The van der Waals surface area contributed by atoms with E-state index >= 15 is 0 Å². The SMILES string of the molecule is CC(O)c1cc(F)ccc1N(C)Cc1csc(Br)c1. The third kappa shape index (κ3) is 3.55. The lowest BCUT2D eigenvalue weighted by Crippen LogP contribution is -2.18. The van der Waals surface area contributed by atoms with E-state index in [0.29, 0.717) is 12.1 Å². The van der Waals surface area contributed by atoms with Crippen molar-refractivity contribution in [1.29, 1.82) is 0 Å². The molecule has 0 bridgehead atoms. The van der Waals surface area contributed by atoms with Crippen molar-refractivity contribution in [2.45, 2.75) is 19.6 Å². The van der Waals surface area contributed by atoms with Crippen molar-refractivity contribution in [2.24, 2.45) is 0 Å². The molecule has 0 aliphatic heterocycles. The van der Waals surface area contributed by atoms with Gasteiger partial charge in [0, 0.05) is 24.8 Å². The summed E-state index contributed by atoms with van der Waals surface area (Å²) in [4.78, 5) is 2.01. The molecular weight excluding hydrogens is 329 g/mol. The summed E-state index contributed by atoms with van der Waals surface area (Å²) in [5.74, 6) is -0.327. The van der Waals surface area contributed by atoms with Crippen LogP contribution in [0.1, 0.15) is 24.2 Å². The van der Waals surface area contributed by atoms with Crippen LogP contribution in [0.4, 0.5) is 10.1 Å². The van der Waals surface area contributed by atoms with E-state index < -0.39 is 6.10 Å². The fourth-order valence-corrected chi connectivity index (χ4v) is 3.20. The van der Waals surface area contributed by atoms with E-state index in [4.69, 9.17) is 0 Å². The Labute approximate surface area is 124 Å². The van der Waals surface area contributed by atoms with Crippen molar-refractivity contribution in [1.82, 2.24) is 0 Å². The van der Waals surface area contributed by atoms with Gasteiger partial charge in [0.2, 0.25) is 0 Å². The van der Waals surface area contributed by atoms with Crippen LogP contribution in [-0.4, -0.2) is 12.2 Å². The number of rotatable bonds is 4. The highest BCUT2D eigenvalue weighted by Crippen LogP contribution is 2.29. The molecule has 0 fully saturated rings. The van der Waals surface area contributed by atoms with Crippen LogP contribution in [0.15, 0.2) is 33.4 Å². The van der Waals surface area contributed by atoms with Crippen molar-refractivity contribution >= 4 is 33.0 Å². The smallest absolute Gasteiger partial charge is 0.123 e. The van der Waals surface area contributed by atoms with Crippen LogP contribution in [0.3, 0.4) is 0 Å². The second-order valence-corrected chi connectivity index (χ2v) is 6.78. The number of benzene rings is 1. The first-order valence-corrected chi connectivity index (χ1v) is 7.56. The maximum Gasteiger partial charge on any atom is 0.123 e. The summed E-state index contributed by atoms with van der Waals surface area (Å²) < 4.78 is 14.4. The van der Waals surface area contributed by atoms with Gasteiger partial charge in [-0.3, -0.25) is 0 Å². The van der Waals surface area contributed by atoms with Crippen LogP contribution in [0.25, 0.3) is 0 Å². The molecular formula is C14H15BrFNOS. The van der Waals surface area contributed by atoms with Crippen molar-refractivity contribution in [3.05, 3.63) is 50.4 Å². The zero-order chi connectivity index (χ0) is 14.0. The van der Waals surface area contributed by atoms with Gasteiger partial charge in [0.1, 0.15) is 5.82 Å². The molecule has 1 unspecified atom stereocenters. The minimum absolute atomic E-state index is 0.327. The minimum atomic E-state index is -0.692. The molecule has 102 valence electrons. The fraction of sp³-hybridized carbons (Fsp3) is 0.286. The van der Waals surface area contributed by atoms with E-state index in [1.165, 1.54) is 17.7 Å². The minimum Gasteiger partial charge on any atom is -0.389 e. The lowest BCUT2D eigenvalue weighted by atomic mass is 10.1. The summed E-state index contributed by atoms with van der Waals surface area (Å²) in [6, 6.07) is 6.58. The van der Waals surface area contributed by atoms with Crippen molar-refractivity contribution < 1.29 is 9.50 Å². The Morgan fingerprint density at radius 1 is 1.42 bits per heavy atom. The first-order chi connectivity index (χ1) is 8.97. The lowest BCUT2D eigenvalue weighted by molar-refractivity contribution is 0.199. The summed E-state index contributed by atoms with van der Waals surface area (Å²) in [5.41, 5.74) is 2.63. The van der Waals surface area contributed by atoms with Gasteiger partial charge >= 0.3 is 0 Å². The number of hydrogen-bond acceptors (Lipinski definition) is 3. The van der Waals surface area contributed by atoms with E-state index in [9.17, 15) is 9.50 Å². The lowest BCUT2D eigenvalue weighted by Gasteiger charge is -2.23. The highest BCUT2D eigenvalue weighted by Gasteiger charge is 2.13. The Morgan fingerprint density at radius 3 is 2.74 bits per heavy atom. The van der Waals surface area contributed by atoms with Gasteiger partial charge in [-0.15, -0.1) is 11.3 Å². The predicted molar refractivity (Wildman–Crippen MR) is 81.2 cm³/mol. The summed E-state index contributed by atoms with van der Waals surface area (Å²) in [7, 11) is 1.94. The quantitative estimate of drug-likeness (QED) is 0.892. The van der Waals surface area contributed by atoms with E-state index in [1.54, 1.807) is 24.3 Å². The molecule has 1 heterocycles. The number of aliphatic hydroxyl groups excluding tert-OH is 1. The average Bonchev–Trinajstić information content (AvgIpc) is 2.74. The van der Waals surface area contributed by atoms with Gasteiger partial charge in [-0.05, 0) is 58.1 Å². The third-order valence-corrected chi connectivity index (χ3v) is 4.45. The van der Waals surface area contributed by atoms with Crippen LogP contribution >= 0.6 is 27.3 Å². The second kappa shape index (κ2) is 6.03. The van der Waals surface area contributed by atoms with Gasteiger partial charge in [0.05, 0.1) is 9.89 Å². The maximum absolute atomic E-state index is 13.3. The van der Waals surface area contributed by atoms with Gasteiger partial charge < -0.3 is 10.0 Å². The maximum atomic E-state index is 13.3. The van der Waals surface area contributed by atoms with Crippen LogP contribution in [0.5, 0.6) is 0 Å². The number of aliphatic hydroxyl groups is 1. The van der Waals surface area contributed by atoms with Crippen molar-refractivity contribution in [2.75, 3.05) is 11.9 Å². The first kappa shape index (κ1) is 14.5. The van der Waals surface area contributed by atoms with E-state index in [-0.39, 0.29) is 5.82 Å². The second-order valence-electron chi connectivity index (χ2n) is 4.49. The predicted octanol–water partition coefficient (Wildman–Crippen LogP) is 4.34. The Morgan fingerprint density at radius 2 is 2.16 bits per heavy atom. The molecule has 2 nitrogen and oxygen atoms in total. The molecule has 1 atom stereocenters.